The first kappa shape index (κ1) is 96.1. The molecular formula is C79H154O17P2. The molecule has 6 atom stereocenters. The van der Waals surface area contributed by atoms with Gasteiger partial charge in [-0.1, -0.05) is 369 Å². The van der Waals surface area contributed by atoms with E-state index in [1.54, 1.807) is 0 Å². The van der Waals surface area contributed by atoms with Gasteiger partial charge in [0.15, 0.2) is 12.2 Å². The smallest absolute Gasteiger partial charge is 0.462 e. The van der Waals surface area contributed by atoms with Crippen molar-refractivity contribution in [3.63, 3.8) is 0 Å². The summed E-state index contributed by atoms with van der Waals surface area (Å²) in [6.45, 7) is 7.28. The number of aliphatic hydroxyl groups is 1. The first-order valence-electron chi connectivity index (χ1n) is 41.2. The molecule has 0 radical (unpaired) electrons. The monoisotopic (exact) mass is 1440 g/mol. The number of hydrogen-bond donors (Lipinski definition) is 3. The van der Waals surface area contributed by atoms with Crippen LogP contribution < -0.4 is 0 Å². The number of ether oxygens (including phenoxy) is 4. The Balaban J connectivity index is 5.19. The molecule has 0 heterocycles. The Morgan fingerprint density at radius 1 is 0.286 bits per heavy atom. The van der Waals surface area contributed by atoms with Crippen molar-refractivity contribution in [2.75, 3.05) is 39.6 Å². The summed E-state index contributed by atoms with van der Waals surface area (Å²) in [7, 11) is -9.91. The molecule has 0 saturated carbocycles. The Bertz CT molecular complexity index is 1880. The van der Waals surface area contributed by atoms with Crippen LogP contribution in [0.3, 0.4) is 0 Å². The average Bonchev–Trinajstić information content (AvgIpc) is 2.13. The topological polar surface area (TPSA) is 237 Å². The SMILES string of the molecule is CCCCCCCCCCCCCCCCCCCCCCC(=O)O[C@H](COC(=O)CCCCCCCCCCCCCCCCCCCC)COP(=O)(O)OC[C@@H](O)COP(=O)(O)OC[C@@H](COC(=O)CCCCCCCCCC)OC(=O)CCCCCCCCCCC(C)CC. The molecule has 19 heteroatoms. The fourth-order valence-corrected chi connectivity index (χ4v) is 13.8. The van der Waals surface area contributed by atoms with Crippen LogP contribution in [0, 0.1) is 5.92 Å². The lowest BCUT2D eigenvalue weighted by Gasteiger charge is -2.21. The number of unbranched alkanes of at least 4 members (excludes halogenated alkanes) is 50. The fraction of sp³-hybridized carbons (Fsp3) is 0.949. The van der Waals surface area contributed by atoms with E-state index in [4.69, 9.17) is 37.0 Å². The average molecular weight is 1440 g/mol. The van der Waals surface area contributed by atoms with Gasteiger partial charge in [-0.15, -0.1) is 0 Å². The molecule has 0 fully saturated rings. The Hall–Kier alpha value is -1.94. The van der Waals surface area contributed by atoms with Crippen LogP contribution in [0.2, 0.25) is 0 Å². The molecule has 0 aromatic rings. The van der Waals surface area contributed by atoms with Gasteiger partial charge < -0.3 is 33.8 Å². The Kier molecular flexibility index (Phi) is 70.6. The third-order valence-electron chi connectivity index (χ3n) is 18.9. The molecule has 98 heavy (non-hydrogen) atoms. The van der Waals surface area contributed by atoms with Crippen LogP contribution in [-0.4, -0.2) is 96.7 Å². The van der Waals surface area contributed by atoms with E-state index in [-0.39, 0.29) is 25.7 Å². The lowest BCUT2D eigenvalue weighted by atomic mass is 9.99. The van der Waals surface area contributed by atoms with Crippen molar-refractivity contribution in [2.45, 2.75) is 438 Å². The molecule has 0 aromatic heterocycles. The zero-order chi connectivity index (χ0) is 71.9. The maximum Gasteiger partial charge on any atom is 0.472 e. The zero-order valence-electron chi connectivity index (χ0n) is 63.9. The van der Waals surface area contributed by atoms with Gasteiger partial charge in [-0.3, -0.25) is 37.3 Å². The Labute approximate surface area is 600 Å². The van der Waals surface area contributed by atoms with E-state index in [1.165, 1.54) is 238 Å². The molecule has 582 valence electrons. The minimum atomic E-state index is -4.96. The molecule has 0 saturated heterocycles. The molecule has 0 aliphatic carbocycles. The van der Waals surface area contributed by atoms with Crippen LogP contribution in [-0.2, 0) is 65.4 Å². The molecule has 0 aliphatic heterocycles. The van der Waals surface area contributed by atoms with Gasteiger partial charge in [0.25, 0.3) is 0 Å². The molecule has 0 amide bonds. The van der Waals surface area contributed by atoms with Crippen molar-refractivity contribution >= 4 is 39.5 Å². The third kappa shape index (κ3) is 71.1. The largest absolute Gasteiger partial charge is 0.472 e. The Morgan fingerprint density at radius 3 is 0.724 bits per heavy atom. The predicted octanol–water partition coefficient (Wildman–Crippen LogP) is 23.6. The van der Waals surface area contributed by atoms with E-state index in [0.717, 1.165) is 102 Å². The van der Waals surface area contributed by atoms with Crippen LogP contribution >= 0.6 is 15.6 Å². The third-order valence-corrected chi connectivity index (χ3v) is 20.8. The number of hydrogen-bond acceptors (Lipinski definition) is 15. The summed E-state index contributed by atoms with van der Waals surface area (Å²) >= 11 is 0. The van der Waals surface area contributed by atoms with Crippen LogP contribution in [0.25, 0.3) is 0 Å². The molecule has 0 bridgehead atoms. The summed E-state index contributed by atoms with van der Waals surface area (Å²) in [4.78, 5) is 72.8. The Morgan fingerprint density at radius 2 is 0.490 bits per heavy atom. The normalized spacial score (nSPS) is 14.2. The van der Waals surface area contributed by atoms with Gasteiger partial charge in [-0.2, -0.15) is 0 Å². The summed E-state index contributed by atoms with van der Waals surface area (Å²) in [5.41, 5.74) is 0. The number of aliphatic hydroxyl groups excluding tert-OH is 1. The molecule has 0 aliphatic rings. The lowest BCUT2D eigenvalue weighted by molar-refractivity contribution is -0.161. The highest BCUT2D eigenvalue weighted by atomic mass is 31.2. The summed E-state index contributed by atoms with van der Waals surface area (Å²) < 4.78 is 68.6. The van der Waals surface area contributed by atoms with Gasteiger partial charge in [0.05, 0.1) is 26.4 Å². The van der Waals surface area contributed by atoms with Crippen molar-refractivity contribution in [3.05, 3.63) is 0 Å². The molecule has 3 N–H and O–H groups in total. The van der Waals surface area contributed by atoms with Gasteiger partial charge in [-0.05, 0) is 31.6 Å². The number of esters is 4. The summed E-state index contributed by atoms with van der Waals surface area (Å²) in [6.07, 6.45) is 62.6. The second-order valence-electron chi connectivity index (χ2n) is 28.7. The fourth-order valence-electron chi connectivity index (χ4n) is 12.2. The van der Waals surface area contributed by atoms with Gasteiger partial charge >= 0.3 is 39.5 Å². The highest BCUT2D eigenvalue weighted by molar-refractivity contribution is 7.47. The first-order chi connectivity index (χ1) is 47.6. The van der Waals surface area contributed by atoms with E-state index in [0.29, 0.717) is 25.7 Å². The van der Waals surface area contributed by atoms with Gasteiger partial charge in [-0.25, -0.2) is 9.13 Å². The van der Waals surface area contributed by atoms with Crippen molar-refractivity contribution in [3.8, 4) is 0 Å². The van der Waals surface area contributed by atoms with Crippen molar-refractivity contribution in [1.82, 2.24) is 0 Å². The first-order valence-corrected chi connectivity index (χ1v) is 44.2. The number of rotatable bonds is 79. The molecule has 0 aromatic carbocycles. The molecule has 0 rings (SSSR count). The summed E-state index contributed by atoms with van der Waals surface area (Å²) in [6, 6.07) is 0. The lowest BCUT2D eigenvalue weighted by Crippen LogP contribution is -2.30. The molecule has 17 nitrogen and oxygen atoms in total. The van der Waals surface area contributed by atoms with E-state index < -0.39 is 97.5 Å². The minimum absolute atomic E-state index is 0.105. The van der Waals surface area contributed by atoms with Crippen LogP contribution in [0.15, 0.2) is 0 Å². The van der Waals surface area contributed by atoms with E-state index in [1.807, 2.05) is 0 Å². The van der Waals surface area contributed by atoms with Crippen molar-refractivity contribution in [1.29, 1.82) is 0 Å². The maximum absolute atomic E-state index is 13.1. The molecule has 3 unspecified atom stereocenters. The maximum atomic E-state index is 13.1. The predicted molar refractivity (Wildman–Crippen MR) is 400 cm³/mol. The van der Waals surface area contributed by atoms with Crippen molar-refractivity contribution < 1.29 is 80.2 Å². The van der Waals surface area contributed by atoms with E-state index in [9.17, 15) is 43.2 Å². The zero-order valence-corrected chi connectivity index (χ0v) is 65.7. The van der Waals surface area contributed by atoms with Crippen LogP contribution in [0.4, 0.5) is 0 Å². The minimum Gasteiger partial charge on any atom is -0.462 e. The molecule has 0 spiro atoms. The number of phosphoric acid groups is 2. The highest BCUT2D eigenvalue weighted by Crippen LogP contribution is 2.45. The number of phosphoric ester groups is 2. The van der Waals surface area contributed by atoms with Gasteiger partial charge in [0, 0.05) is 25.7 Å². The van der Waals surface area contributed by atoms with E-state index in [2.05, 4.69) is 34.6 Å². The van der Waals surface area contributed by atoms with Crippen molar-refractivity contribution in [2.24, 2.45) is 5.92 Å². The second kappa shape index (κ2) is 72.0. The molecular weight excluding hydrogens is 1280 g/mol. The number of carbonyl (C=O) groups is 4. The van der Waals surface area contributed by atoms with Crippen LogP contribution in [0.1, 0.15) is 420 Å². The van der Waals surface area contributed by atoms with Gasteiger partial charge in [0.2, 0.25) is 0 Å². The standard InChI is InChI=1S/C79H154O17P2/c1-6-10-13-16-19-22-24-26-28-30-32-33-35-37-39-41-43-49-54-59-64-78(83)95-75(69-90-77(82)63-58-53-48-42-40-38-36-34-31-29-27-25-23-20-17-14-11-7-2)71-94-98(87,88)92-67-73(80)66-91-97(85,86)93-70-74(68-89-76(81)62-57-52-47-21-18-15-12-8-3)96-79(84)65-60-55-50-45-44-46-51-56-61-72(5)9-4/h72-75,80H,6-71H2,1-5H3,(H,85,86)(H,87,88)/t72?,73-,74+,75+/m0/s1. The second-order valence-corrected chi connectivity index (χ2v) is 31.6. The summed E-state index contributed by atoms with van der Waals surface area (Å²) in [5, 5.41) is 10.6. The van der Waals surface area contributed by atoms with Crippen LogP contribution in [0.5, 0.6) is 0 Å². The number of carbonyl (C=O) groups excluding carboxylic acids is 4. The van der Waals surface area contributed by atoms with E-state index >= 15 is 0 Å². The van der Waals surface area contributed by atoms with Gasteiger partial charge in [0.1, 0.15) is 19.3 Å². The highest BCUT2D eigenvalue weighted by Gasteiger charge is 2.30. The quantitative estimate of drug-likeness (QED) is 0.0222. The summed E-state index contributed by atoms with van der Waals surface area (Å²) in [5.74, 6) is -1.34.